The maximum atomic E-state index is 12.7. The molecule has 3 aromatic rings. The summed E-state index contributed by atoms with van der Waals surface area (Å²) in [6.45, 7) is 1.35. The minimum absolute atomic E-state index is 0.148. The first-order valence-electron chi connectivity index (χ1n) is 10.1. The molecule has 0 unspecified atom stereocenters. The molecule has 2 N–H and O–H groups in total. The number of amides is 4. The Labute approximate surface area is 175 Å². The van der Waals surface area contributed by atoms with Gasteiger partial charge in [0.05, 0.1) is 0 Å². The molecule has 2 heterocycles. The number of hydrogen-bond donors (Lipinski definition) is 2. The molecule has 6 nitrogen and oxygen atoms in total. The zero-order valence-electron chi connectivity index (χ0n) is 16.5. The second-order valence-corrected chi connectivity index (χ2v) is 7.50. The van der Waals surface area contributed by atoms with Gasteiger partial charge in [0.2, 0.25) is 0 Å². The van der Waals surface area contributed by atoms with Gasteiger partial charge in [0.25, 0.3) is 0 Å². The average molecular weight is 398 g/mol. The number of carbonyl (C=O) groups excluding carboxylic acids is 2. The highest BCUT2D eigenvalue weighted by Crippen LogP contribution is 2.29. The molecule has 2 aliphatic rings. The molecule has 0 radical (unpaired) electrons. The molecule has 0 saturated carbocycles. The van der Waals surface area contributed by atoms with Crippen LogP contribution in [0.3, 0.4) is 0 Å². The van der Waals surface area contributed by atoms with E-state index in [1.807, 2.05) is 36.4 Å². The fraction of sp³-hybridized carbons (Fsp3) is 0.167. The quantitative estimate of drug-likeness (QED) is 0.646. The smallest absolute Gasteiger partial charge is 0.308 e. The number of anilines is 4. The Hall–Kier alpha value is -3.80. The Morgan fingerprint density at radius 2 is 1.00 bits per heavy atom. The zero-order valence-corrected chi connectivity index (χ0v) is 16.5. The molecule has 6 heteroatoms. The van der Waals surface area contributed by atoms with Gasteiger partial charge in [0.15, 0.2) is 0 Å². The van der Waals surface area contributed by atoms with Crippen molar-refractivity contribution in [3.05, 3.63) is 83.9 Å². The second kappa shape index (κ2) is 7.55. The number of benzene rings is 3. The fourth-order valence-corrected chi connectivity index (χ4v) is 4.12. The van der Waals surface area contributed by atoms with Crippen LogP contribution in [-0.4, -0.2) is 25.2 Å². The van der Waals surface area contributed by atoms with E-state index >= 15 is 0 Å². The van der Waals surface area contributed by atoms with Crippen molar-refractivity contribution in [1.29, 1.82) is 0 Å². The third-order valence-electron chi connectivity index (χ3n) is 5.65. The maximum Gasteiger partial charge on any atom is 0.326 e. The lowest BCUT2D eigenvalue weighted by molar-refractivity contribution is 0.256. The van der Waals surface area contributed by atoms with Gasteiger partial charge in [-0.2, -0.15) is 0 Å². The minimum atomic E-state index is -0.148. The van der Waals surface area contributed by atoms with Crippen LogP contribution in [-0.2, 0) is 12.8 Å². The van der Waals surface area contributed by atoms with Gasteiger partial charge in [-0.3, -0.25) is 9.80 Å². The second-order valence-electron chi connectivity index (χ2n) is 7.50. The molecule has 150 valence electrons. The highest BCUT2D eigenvalue weighted by Gasteiger charge is 2.25. The summed E-state index contributed by atoms with van der Waals surface area (Å²) in [6, 6.07) is 22.8. The third-order valence-corrected chi connectivity index (χ3v) is 5.65. The monoisotopic (exact) mass is 398 g/mol. The van der Waals surface area contributed by atoms with E-state index in [0.717, 1.165) is 24.2 Å². The minimum Gasteiger partial charge on any atom is -0.308 e. The topological polar surface area (TPSA) is 64.7 Å². The van der Waals surface area contributed by atoms with Crippen molar-refractivity contribution in [3.63, 3.8) is 0 Å². The van der Waals surface area contributed by atoms with Crippen LogP contribution >= 0.6 is 0 Å². The third kappa shape index (κ3) is 3.37. The van der Waals surface area contributed by atoms with Crippen LogP contribution in [0.5, 0.6) is 0 Å². The van der Waals surface area contributed by atoms with Crippen LogP contribution in [0.1, 0.15) is 11.1 Å². The molecule has 5 rings (SSSR count). The molecule has 0 atom stereocenters. The molecule has 2 aliphatic heterocycles. The lowest BCUT2D eigenvalue weighted by atomic mass is 10.2. The number of urea groups is 2. The zero-order chi connectivity index (χ0) is 20.5. The van der Waals surface area contributed by atoms with E-state index in [4.69, 9.17) is 0 Å². The van der Waals surface area contributed by atoms with Crippen molar-refractivity contribution in [3.8, 4) is 0 Å². The predicted molar refractivity (Wildman–Crippen MR) is 119 cm³/mol. The lowest BCUT2D eigenvalue weighted by Gasteiger charge is -2.19. The Balaban J connectivity index is 1.22. The predicted octanol–water partition coefficient (Wildman–Crippen LogP) is 4.88. The summed E-state index contributed by atoms with van der Waals surface area (Å²) in [5.74, 6) is 0. The number of nitrogens with one attached hydrogen (secondary N) is 2. The van der Waals surface area contributed by atoms with Crippen molar-refractivity contribution in [1.82, 2.24) is 0 Å². The maximum absolute atomic E-state index is 12.7. The number of rotatable bonds is 2. The van der Waals surface area contributed by atoms with E-state index in [1.54, 1.807) is 34.1 Å². The Kier molecular flexibility index (Phi) is 4.59. The normalized spacial score (nSPS) is 14.3. The lowest BCUT2D eigenvalue weighted by Crippen LogP contribution is -2.33. The molecule has 0 aromatic heterocycles. The fourth-order valence-electron chi connectivity index (χ4n) is 4.12. The largest absolute Gasteiger partial charge is 0.326 e. The summed E-state index contributed by atoms with van der Waals surface area (Å²) in [5, 5.41) is 5.87. The molecule has 0 aliphatic carbocycles. The number of hydrogen-bond acceptors (Lipinski definition) is 2. The summed E-state index contributed by atoms with van der Waals surface area (Å²) >= 11 is 0. The summed E-state index contributed by atoms with van der Waals surface area (Å²) in [5.41, 5.74) is 5.68. The first-order chi connectivity index (χ1) is 14.7. The van der Waals surface area contributed by atoms with Gasteiger partial charge in [-0.1, -0.05) is 36.4 Å². The van der Waals surface area contributed by atoms with E-state index in [-0.39, 0.29) is 12.1 Å². The van der Waals surface area contributed by atoms with Crippen molar-refractivity contribution < 1.29 is 9.59 Å². The summed E-state index contributed by atoms with van der Waals surface area (Å²) in [6.07, 6.45) is 1.74. The molecule has 0 spiro atoms. The molecular weight excluding hydrogens is 376 g/mol. The number of nitrogens with zero attached hydrogens (tertiary/aromatic N) is 2. The SMILES string of the molecule is O=C(Nc1ccc(NC(=O)N2CCc3ccccc32)cc1)N1CCc2ccccc21. The highest BCUT2D eigenvalue weighted by atomic mass is 16.2. The van der Waals surface area contributed by atoms with Gasteiger partial charge >= 0.3 is 12.1 Å². The number of para-hydroxylation sites is 2. The summed E-state index contributed by atoms with van der Waals surface area (Å²) < 4.78 is 0. The van der Waals surface area contributed by atoms with E-state index in [1.165, 1.54) is 11.1 Å². The molecule has 3 aromatic carbocycles. The van der Waals surface area contributed by atoms with Crippen LogP contribution in [0, 0.1) is 0 Å². The van der Waals surface area contributed by atoms with Crippen LogP contribution in [0.2, 0.25) is 0 Å². The highest BCUT2D eigenvalue weighted by molar-refractivity contribution is 6.04. The number of carbonyl (C=O) groups is 2. The molecule has 0 saturated heterocycles. The Morgan fingerprint density at radius 1 is 0.600 bits per heavy atom. The Bertz CT molecular complexity index is 1020. The van der Waals surface area contributed by atoms with Crippen molar-refractivity contribution in [2.24, 2.45) is 0 Å². The van der Waals surface area contributed by atoms with Gasteiger partial charge in [0, 0.05) is 35.8 Å². The van der Waals surface area contributed by atoms with Gasteiger partial charge in [0.1, 0.15) is 0 Å². The van der Waals surface area contributed by atoms with Crippen molar-refractivity contribution in [2.75, 3.05) is 33.5 Å². The van der Waals surface area contributed by atoms with Crippen molar-refractivity contribution in [2.45, 2.75) is 12.8 Å². The van der Waals surface area contributed by atoms with Crippen LogP contribution < -0.4 is 20.4 Å². The first kappa shape index (κ1) is 18.2. The summed E-state index contributed by atoms with van der Waals surface area (Å²) in [4.78, 5) is 28.9. The van der Waals surface area contributed by atoms with Gasteiger partial charge in [-0.25, -0.2) is 9.59 Å². The van der Waals surface area contributed by atoms with E-state index in [9.17, 15) is 9.59 Å². The molecular formula is C24H22N4O2. The van der Waals surface area contributed by atoms with Gasteiger partial charge in [-0.15, -0.1) is 0 Å². The first-order valence-corrected chi connectivity index (χ1v) is 10.1. The number of fused-ring (bicyclic) bond motifs is 2. The van der Waals surface area contributed by atoms with Gasteiger partial charge in [-0.05, 0) is 60.4 Å². The molecule has 0 fully saturated rings. The van der Waals surface area contributed by atoms with E-state index < -0.39 is 0 Å². The standard InChI is InChI=1S/C24H22N4O2/c29-23(27-15-13-17-5-1-3-7-21(17)27)25-19-9-11-20(12-10-19)26-24(30)28-16-14-18-6-2-4-8-22(18)28/h1-12H,13-16H2,(H,25,29)(H,26,30). The van der Waals surface area contributed by atoms with E-state index in [0.29, 0.717) is 24.5 Å². The van der Waals surface area contributed by atoms with Crippen LogP contribution in [0.4, 0.5) is 32.3 Å². The van der Waals surface area contributed by atoms with Crippen LogP contribution in [0.15, 0.2) is 72.8 Å². The Morgan fingerprint density at radius 3 is 1.43 bits per heavy atom. The van der Waals surface area contributed by atoms with E-state index in [2.05, 4.69) is 22.8 Å². The molecule has 30 heavy (non-hydrogen) atoms. The summed E-state index contributed by atoms with van der Waals surface area (Å²) in [7, 11) is 0. The molecule has 4 amide bonds. The average Bonchev–Trinajstić information content (AvgIpc) is 3.39. The van der Waals surface area contributed by atoms with Gasteiger partial charge < -0.3 is 10.6 Å². The van der Waals surface area contributed by atoms with Crippen molar-refractivity contribution >= 4 is 34.8 Å². The van der Waals surface area contributed by atoms with Crippen LogP contribution in [0.25, 0.3) is 0 Å². The molecule has 0 bridgehead atoms.